The number of nitrogens with zero attached hydrogens (tertiary/aromatic N) is 2. The van der Waals surface area contributed by atoms with Crippen molar-refractivity contribution in [3.05, 3.63) is 113 Å². The summed E-state index contributed by atoms with van der Waals surface area (Å²) in [5.74, 6) is -0.111. The normalized spacial score (nSPS) is 21.0. The predicted octanol–water partition coefficient (Wildman–Crippen LogP) is 5.85. The monoisotopic (exact) mass is 435 g/mol. The van der Waals surface area contributed by atoms with E-state index in [1.165, 1.54) is 5.56 Å². The Morgan fingerprint density at radius 2 is 1.62 bits per heavy atom. The molecule has 0 fully saturated rings. The predicted molar refractivity (Wildman–Crippen MR) is 132 cm³/mol. The molecule has 1 unspecified atom stereocenters. The van der Waals surface area contributed by atoms with Crippen molar-refractivity contribution < 1.29 is 4.79 Å². The van der Waals surface area contributed by atoms with Crippen LogP contribution in [0.4, 0.5) is 5.69 Å². The lowest BCUT2D eigenvalue weighted by Crippen LogP contribution is -2.38. The van der Waals surface area contributed by atoms with Gasteiger partial charge in [0.25, 0.3) is 5.91 Å². The number of benzene rings is 3. The Hall–Kier alpha value is -3.57. The number of para-hydroxylation sites is 1. The molecule has 0 aliphatic carbocycles. The molecule has 5 heteroatoms. The average Bonchev–Trinajstić information content (AvgIpc) is 3.38. The Labute approximate surface area is 191 Å². The molecule has 0 saturated heterocycles. The van der Waals surface area contributed by atoms with Gasteiger partial charge in [0.1, 0.15) is 0 Å². The lowest BCUT2D eigenvalue weighted by Gasteiger charge is -2.34. The minimum atomic E-state index is -1.06. The molecule has 156 valence electrons. The first-order chi connectivity index (χ1) is 15.7. The molecule has 1 N–H and O–H groups in total. The lowest BCUT2D eigenvalue weighted by atomic mass is 9.88. The van der Waals surface area contributed by atoms with Gasteiger partial charge in [-0.3, -0.25) is 9.69 Å². The van der Waals surface area contributed by atoms with Crippen LogP contribution in [0.3, 0.4) is 0 Å². The highest BCUT2D eigenvalue weighted by atomic mass is 32.2. The zero-order valence-corrected chi connectivity index (χ0v) is 18.4. The van der Waals surface area contributed by atoms with E-state index in [0.29, 0.717) is 0 Å². The number of amidine groups is 1. The maximum Gasteiger partial charge on any atom is 0.261 e. The second kappa shape index (κ2) is 7.24. The van der Waals surface area contributed by atoms with Gasteiger partial charge in [-0.05, 0) is 35.3 Å². The van der Waals surface area contributed by atoms with Gasteiger partial charge in [-0.15, -0.1) is 0 Å². The van der Waals surface area contributed by atoms with Gasteiger partial charge in [-0.25, -0.2) is 4.99 Å². The summed E-state index contributed by atoms with van der Waals surface area (Å²) < 4.78 is 0. The van der Waals surface area contributed by atoms with E-state index in [-0.39, 0.29) is 5.91 Å². The van der Waals surface area contributed by atoms with Crippen molar-refractivity contribution in [3.8, 4) is 0 Å². The SMILES string of the molecule is CCc1ccc(C2=CSC3=NC4(C=C(c5ccccc5)N23)C(=O)Nc2ccccc24)cc1. The molecule has 0 saturated carbocycles. The van der Waals surface area contributed by atoms with Crippen LogP contribution in [-0.2, 0) is 16.8 Å². The van der Waals surface area contributed by atoms with E-state index in [1.807, 2.05) is 48.5 Å². The molecule has 3 aliphatic rings. The molecule has 3 aromatic carbocycles. The van der Waals surface area contributed by atoms with Crippen molar-refractivity contribution in [2.24, 2.45) is 4.99 Å². The molecule has 3 aliphatic heterocycles. The number of carbonyl (C=O) groups is 1. The molecule has 4 nitrogen and oxygen atoms in total. The van der Waals surface area contributed by atoms with E-state index in [1.54, 1.807) is 11.8 Å². The van der Waals surface area contributed by atoms with Gasteiger partial charge < -0.3 is 5.32 Å². The van der Waals surface area contributed by atoms with Crippen molar-refractivity contribution in [3.63, 3.8) is 0 Å². The van der Waals surface area contributed by atoms with Crippen molar-refractivity contribution in [1.82, 2.24) is 4.90 Å². The van der Waals surface area contributed by atoms with Crippen LogP contribution in [0.15, 0.2) is 95.3 Å². The summed E-state index contributed by atoms with van der Waals surface area (Å²) >= 11 is 1.57. The third kappa shape index (κ3) is 2.78. The third-order valence-electron chi connectivity index (χ3n) is 6.23. The molecule has 0 radical (unpaired) electrons. The Balaban J connectivity index is 1.53. The number of nitrogens with one attached hydrogen (secondary N) is 1. The van der Waals surface area contributed by atoms with Gasteiger partial charge in [0, 0.05) is 16.7 Å². The summed E-state index contributed by atoms with van der Waals surface area (Å²) in [4.78, 5) is 20.5. The number of amides is 1. The van der Waals surface area contributed by atoms with E-state index in [9.17, 15) is 4.79 Å². The Bertz CT molecular complexity index is 1320. The van der Waals surface area contributed by atoms with Gasteiger partial charge >= 0.3 is 0 Å². The lowest BCUT2D eigenvalue weighted by molar-refractivity contribution is -0.119. The fourth-order valence-electron chi connectivity index (χ4n) is 4.52. The molecule has 3 heterocycles. The van der Waals surface area contributed by atoms with Gasteiger partial charge in [-0.2, -0.15) is 0 Å². The van der Waals surface area contributed by atoms with Crippen LogP contribution in [0, 0.1) is 0 Å². The van der Waals surface area contributed by atoms with Crippen molar-refractivity contribution >= 4 is 39.9 Å². The fourth-order valence-corrected chi connectivity index (χ4v) is 5.48. The highest BCUT2D eigenvalue weighted by molar-refractivity contribution is 8.16. The molecule has 1 atom stereocenters. The summed E-state index contributed by atoms with van der Waals surface area (Å²) in [7, 11) is 0. The van der Waals surface area contributed by atoms with Crippen LogP contribution < -0.4 is 5.32 Å². The van der Waals surface area contributed by atoms with Gasteiger partial charge in [0.15, 0.2) is 10.7 Å². The van der Waals surface area contributed by atoms with Crippen LogP contribution >= 0.6 is 11.8 Å². The number of aryl methyl sites for hydroxylation is 1. The molecular weight excluding hydrogens is 414 g/mol. The number of aliphatic imine (C=N–C) groups is 1. The fraction of sp³-hybridized carbons (Fsp3) is 0.111. The van der Waals surface area contributed by atoms with Crippen LogP contribution in [0.2, 0.25) is 0 Å². The summed E-state index contributed by atoms with van der Waals surface area (Å²) in [5.41, 5.74) is 6.20. The van der Waals surface area contributed by atoms with Gasteiger partial charge in [0.05, 0.1) is 11.4 Å². The smallest absolute Gasteiger partial charge is 0.261 e. The van der Waals surface area contributed by atoms with Crippen molar-refractivity contribution in [2.75, 3.05) is 5.32 Å². The topological polar surface area (TPSA) is 44.7 Å². The number of carbonyl (C=O) groups excluding carboxylic acids is 1. The zero-order chi connectivity index (χ0) is 21.7. The van der Waals surface area contributed by atoms with E-state index in [0.717, 1.165) is 45.4 Å². The highest BCUT2D eigenvalue weighted by Crippen LogP contribution is 2.50. The van der Waals surface area contributed by atoms with Crippen LogP contribution in [0.5, 0.6) is 0 Å². The van der Waals surface area contributed by atoms with Crippen LogP contribution in [0.25, 0.3) is 11.4 Å². The first kappa shape index (κ1) is 19.1. The number of thioether (sulfide) groups is 1. The van der Waals surface area contributed by atoms with Crippen molar-refractivity contribution in [2.45, 2.75) is 18.9 Å². The summed E-state index contributed by atoms with van der Waals surface area (Å²) in [6.07, 6.45) is 3.03. The largest absolute Gasteiger partial charge is 0.323 e. The number of rotatable bonds is 3. The first-order valence-electron chi connectivity index (χ1n) is 10.7. The number of anilines is 1. The van der Waals surface area contributed by atoms with Gasteiger partial charge in [-0.1, -0.05) is 91.5 Å². The van der Waals surface area contributed by atoms with Crippen LogP contribution in [0.1, 0.15) is 29.2 Å². The van der Waals surface area contributed by atoms with E-state index in [4.69, 9.17) is 4.99 Å². The molecule has 0 aromatic heterocycles. The number of hydrogen-bond donors (Lipinski definition) is 1. The highest BCUT2D eigenvalue weighted by Gasteiger charge is 2.50. The summed E-state index contributed by atoms with van der Waals surface area (Å²) in [5, 5.41) is 5.98. The number of fused-ring (bicyclic) bond motifs is 3. The third-order valence-corrected chi connectivity index (χ3v) is 7.05. The minimum Gasteiger partial charge on any atom is -0.323 e. The Kier molecular flexibility index (Phi) is 4.33. The van der Waals surface area contributed by atoms with Crippen LogP contribution in [-0.4, -0.2) is 16.0 Å². The first-order valence-corrected chi connectivity index (χ1v) is 11.6. The molecule has 32 heavy (non-hydrogen) atoms. The Morgan fingerprint density at radius 1 is 0.906 bits per heavy atom. The maximum atomic E-state index is 13.3. The second-order valence-corrected chi connectivity index (χ2v) is 8.90. The van der Waals surface area contributed by atoms with E-state index >= 15 is 0 Å². The number of hydrogen-bond acceptors (Lipinski definition) is 4. The zero-order valence-electron chi connectivity index (χ0n) is 17.6. The standard InChI is InChI=1S/C27H21N3OS/c1-2-18-12-14-20(15-13-18)24-17-32-26-29-27(21-10-6-7-11-22(21)28-25(27)31)16-23(30(24)26)19-8-4-3-5-9-19/h3-17H,2H2,1H3,(H,28,31). The molecule has 6 rings (SSSR count). The molecular formula is C27H21N3OS. The molecule has 1 amide bonds. The average molecular weight is 436 g/mol. The molecule has 3 aromatic rings. The second-order valence-electron chi connectivity index (χ2n) is 8.06. The minimum absolute atomic E-state index is 0.111. The molecule has 0 bridgehead atoms. The molecule has 1 spiro atoms. The van der Waals surface area contributed by atoms with Gasteiger partial charge in [0.2, 0.25) is 0 Å². The van der Waals surface area contributed by atoms with Crippen molar-refractivity contribution in [1.29, 1.82) is 0 Å². The summed E-state index contributed by atoms with van der Waals surface area (Å²) in [6.45, 7) is 2.16. The van der Waals surface area contributed by atoms with E-state index < -0.39 is 5.54 Å². The maximum absolute atomic E-state index is 13.3. The summed E-state index contributed by atoms with van der Waals surface area (Å²) in [6, 6.07) is 26.7. The van der Waals surface area contributed by atoms with E-state index in [2.05, 4.69) is 58.9 Å². The Morgan fingerprint density at radius 3 is 2.41 bits per heavy atom. The quantitative estimate of drug-likeness (QED) is 0.561.